The maximum Gasteiger partial charge on any atom is 0.228 e. The fraction of sp³-hybridized carbons (Fsp3) is 0.375. The molecule has 0 saturated heterocycles. The highest BCUT2D eigenvalue weighted by Gasteiger charge is 2.47. The molecule has 1 saturated carbocycles. The number of fused-ring (bicyclic) bond motifs is 1. The highest BCUT2D eigenvalue weighted by molar-refractivity contribution is 5.99. The molecule has 1 heterocycles. The number of carbonyl (C=O) groups excluding carboxylic acids is 2. The number of rotatable bonds is 5. The fourth-order valence-electron chi connectivity index (χ4n) is 2.43. The number of amides is 2. The van der Waals surface area contributed by atoms with Crippen LogP contribution in [0.3, 0.4) is 0 Å². The molecule has 116 valence electrons. The van der Waals surface area contributed by atoms with Crippen LogP contribution >= 0.6 is 0 Å². The zero-order valence-electron chi connectivity index (χ0n) is 12.1. The molecule has 2 N–H and O–H groups in total. The van der Waals surface area contributed by atoms with Gasteiger partial charge in [-0.1, -0.05) is 6.08 Å². The lowest BCUT2D eigenvalue weighted by Crippen LogP contribution is -2.27. The van der Waals surface area contributed by atoms with Crippen molar-refractivity contribution in [3.8, 4) is 11.5 Å². The van der Waals surface area contributed by atoms with Crippen LogP contribution in [0.15, 0.2) is 30.9 Å². The maximum atomic E-state index is 12.1. The Bertz CT molecular complexity index is 614. The Kier molecular flexibility index (Phi) is 4.00. The quantitative estimate of drug-likeness (QED) is 0.805. The summed E-state index contributed by atoms with van der Waals surface area (Å²) in [5, 5.41) is 5.53. The summed E-state index contributed by atoms with van der Waals surface area (Å²) in [5.74, 6) is 0.560. The Morgan fingerprint density at radius 2 is 1.91 bits per heavy atom. The molecule has 2 aliphatic rings. The summed E-state index contributed by atoms with van der Waals surface area (Å²) in [7, 11) is 0. The van der Waals surface area contributed by atoms with Crippen molar-refractivity contribution in [2.75, 3.05) is 25.1 Å². The van der Waals surface area contributed by atoms with Crippen molar-refractivity contribution in [3.63, 3.8) is 0 Å². The van der Waals surface area contributed by atoms with Gasteiger partial charge in [-0.15, -0.1) is 6.58 Å². The number of carbonyl (C=O) groups is 2. The second kappa shape index (κ2) is 6.09. The van der Waals surface area contributed by atoms with Crippen molar-refractivity contribution in [1.82, 2.24) is 5.32 Å². The number of hydrogen-bond donors (Lipinski definition) is 2. The Morgan fingerprint density at radius 1 is 1.18 bits per heavy atom. The van der Waals surface area contributed by atoms with Gasteiger partial charge in [0.2, 0.25) is 11.8 Å². The Morgan fingerprint density at radius 3 is 2.68 bits per heavy atom. The highest BCUT2D eigenvalue weighted by Crippen LogP contribution is 2.40. The summed E-state index contributed by atoms with van der Waals surface area (Å²) >= 11 is 0. The van der Waals surface area contributed by atoms with Gasteiger partial charge in [0.1, 0.15) is 13.2 Å². The molecule has 22 heavy (non-hydrogen) atoms. The lowest BCUT2D eigenvalue weighted by molar-refractivity contribution is -0.125. The molecule has 0 radical (unpaired) electrons. The maximum absolute atomic E-state index is 12.1. The fourth-order valence-corrected chi connectivity index (χ4v) is 2.43. The van der Waals surface area contributed by atoms with Crippen molar-refractivity contribution < 1.29 is 19.1 Å². The number of anilines is 1. The summed E-state index contributed by atoms with van der Waals surface area (Å²) in [6.07, 6.45) is 2.20. The van der Waals surface area contributed by atoms with Gasteiger partial charge in [-0.2, -0.15) is 0 Å². The Labute approximate surface area is 128 Å². The molecule has 1 aromatic carbocycles. The zero-order valence-corrected chi connectivity index (χ0v) is 12.1. The predicted octanol–water partition coefficient (Wildman–Crippen LogP) is 1.33. The van der Waals surface area contributed by atoms with E-state index in [-0.39, 0.29) is 23.7 Å². The van der Waals surface area contributed by atoms with Gasteiger partial charge in [-0.05, 0) is 18.6 Å². The summed E-state index contributed by atoms with van der Waals surface area (Å²) in [4.78, 5) is 23.9. The first kappa shape index (κ1) is 14.4. The van der Waals surface area contributed by atoms with E-state index < -0.39 is 0 Å². The number of ether oxygens (including phenoxy) is 2. The van der Waals surface area contributed by atoms with Crippen molar-refractivity contribution >= 4 is 17.5 Å². The third-order valence-electron chi connectivity index (χ3n) is 3.69. The minimum Gasteiger partial charge on any atom is -0.486 e. The van der Waals surface area contributed by atoms with Gasteiger partial charge in [0.05, 0.1) is 11.8 Å². The van der Waals surface area contributed by atoms with E-state index in [1.165, 1.54) is 0 Å². The first-order valence-corrected chi connectivity index (χ1v) is 7.28. The molecule has 2 unspecified atom stereocenters. The zero-order chi connectivity index (χ0) is 15.5. The second-order valence-electron chi connectivity index (χ2n) is 5.33. The molecule has 1 fully saturated rings. The molecule has 2 atom stereocenters. The normalized spacial score (nSPS) is 21.6. The first-order chi connectivity index (χ1) is 10.7. The number of hydrogen-bond acceptors (Lipinski definition) is 4. The molecule has 1 aliphatic heterocycles. The highest BCUT2D eigenvalue weighted by atomic mass is 16.6. The van der Waals surface area contributed by atoms with Gasteiger partial charge in [0, 0.05) is 18.3 Å². The van der Waals surface area contributed by atoms with Gasteiger partial charge in [-0.25, -0.2) is 0 Å². The van der Waals surface area contributed by atoms with E-state index in [1.54, 1.807) is 24.3 Å². The molecule has 0 spiro atoms. The van der Waals surface area contributed by atoms with Crippen LogP contribution < -0.4 is 20.1 Å². The van der Waals surface area contributed by atoms with Crippen molar-refractivity contribution in [2.45, 2.75) is 6.42 Å². The van der Waals surface area contributed by atoms with E-state index in [2.05, 4.69) is 17.2 Å². The third kappa shape index (κ3) is 3.05. The average molecular weight is 302 g/mol. The van der Waals surface area contributed by atoms with Crippen LogP contribution in [0.4, 0.5) is 5.69 Å². The van der Waals surface area contributed by atoms with Crippen LogP contribution in [0.25, 0.3) is 0 Å². The van der Waals surface area contributed by atoms with Crippen molar-refractivity contribution in [3.05, 3.63) is 30.9 Å². The molecule has 2 amide bonds. The SMILES string of the molecule is C=CCNC(=O)C1CC1C(=O)Nc1ccc2c(c1)OCCO2. The topological polar surface area (TPSA) is 76.7 Å². The van der Waals surface area contributed by atoms with Crippen LogP contribution in [0.2, 0.25) is 0 Å². The van der Waals surface area contributed by atoms with Crippen LogP contribution in [0.1, 0.15) is 6.42 Å². The summed E-state index contributed by atoms with van der Waals surface area (Å²) < 4.78 is 10.9. The van der Waals surface area contributed by atoms with E-state index in [1.807, 2.05) is 0 Å². The Hall–Kier alpha value is -2.50. The van der Waals surface area contributed by atoms with E-state index >= 15 is 0 Å². The van der Waals surface area contributed by atoms with Gasteiger partial charge in [0.25, 0.3) is 0 Å². The van der Waals surface area contributed by atoms with E-state index in [0.717, 1.165) is 0 Å². The van der Waals surface area contributed by atoms with Crippen LogP contribution in [-0.2, 0) is 9.59 Å². The molecule has 1 aromatic rings. The van der Waals surface area contributed by atoms with Gasteiger partial charge in [0.15, 0.2) is 11.5 Å². The molecule has 6 heteroatoms. The van der Waals surface area contributed by atoms with Crippen LogP contribution in [0.5, 0.6) is 11.5 Å². The summed E-state index contributed by atoms with van der Waals surface area (Å²) in [6, 6.07) is 5.27. The molecule has 1 aliphatic carbocycles. The van der Waals surface area contributed by atoms with Crippen molar-refractivity contribution in [2.24, 2.45) is 11.8 Å². The number of benzene rings is 1. The molecule has 3 rings (SSSR count). The largest absolute Gasteiger partial charge is 0.486 e. The van der Waals surface area contributed by atoms with Gasteiger partial charge in [-0.3, -0.25) is 9.59 Å². The molecule has 0 bridgehead atoms. The molecule has 0 aromatic heterocycles. The first-order valence-electron chi connectivity index (χ1n) is 7.28. The van der Waals surface area contributed by atoms with E-state index in [4.69, 9.17) is 9.47 Å². The van der Waals surface area contributed by atoms with E-state index in [9.17, 15) is 9.59 Å². The average Bonchev–Trinajstić information content (AvgIpc) is 3.33. The minimum absolute atomic E-state index is 0.0952. The van der Waals surface area contributed by atoms with Crippen LogP contribution in [-0.4, -0.2) is 31.6 Å². The smallest absolute Gasteiger partial charge is 0.228 e. The standard InChI is InChI=1S/C16H18N2O4/c1-2-5-17-15(19)11-9-12(11)16(20)18-10-3-4-13-14(8-10)22-7-6-21-13/h2-4,8,11-12H,1,5-7,9H2,(H,17,19)(H,18,20). The third-order valence-corrected chi connectivity index (χ3v) is 3.69. The predicted molar refractivity (Wildman–Crippen MR) is 80.9 cm³/mol. The van der Waals surface area contributed by atoms with Gasteiger partial charge < -0.3 is 20.1 Å². The summed E-state index contributed by atoms with van der Waals surface area (Å²) in [6.45, 7) is 4.99. The monoisotopic (exact) mass is 302 g/mol. The van der Waals surface area contributed by atoms with E-state index in [0.29, 0.717) is 43.4 Å². The van der Waals surface area contributed by atoms with Gasteiger partial charge >= 0.3 is 0 Å². The minimum atomic E-state index is -0.266. The molecular formula is C16H18N2O4. The molecular weight excluding hydrogens is 284 g/mol. The number of nitrogens with one attached hydrogen (secondary N) is 2. The van der Waals surface area contributed by atoms with Crippen molar-refractivity contribution in [1.29, 1.82) is 0 Å². The summed E-state index contributed by atoms with van der Waals surface area (Å²) in [5.41, 5.74) is 0.645. The molecule has 6 nitrogen and oxygen atoms in total. The second-order valence-corrected chi connectivity index (χ2v) is 5.33. The Balaban J connectivity index is 1.57. The lowest BCUT2D eigenvalue weighted by atomic mass is 10.2. The van der Waals surface area contributed by atoms with Crippen LogP contribution in [0, 0.1) is 11.8 Å². The lowest BCUT2D eigenvalue weighted by Gasteiger charge is -2.19.